The molecular weight excluding hydrogens is 364 g/mol. The van der Waals surface area contributed by atoms with E-state index < -0.39 is 0 Å². The van der Waals surface area contributed by atoms with E-state index in [0.29, 0.717) is 18.4 Å². The van der Waals surface area contributed by atoms with Gasteiger partial charge >= 0.3 is 0 Å². The molecule has 4 rings (SSSR count). The highest BCUT2D eigenvalue weighted by molar-refractivity contribution is 5.58. The normalized spacial score (nSPS) is 10.8. The van der Waals surface area contributed by atoms with Crippen LogP contribution in [0.2, 0.25) is 0 Å². The molecule has 0 aliphatic carbocycles. The van der Waals surface area contributed by atoms with Gasteiger partial charge in [0, 0.05) is 23.8 Å². The molecule has 2 N–H and O–H groups in total. The molecule has 0 fully saturated rings. The first-order valence-corrected chi connectivity index (χ1v) is 9.02. The number of nitrogens with one attached hydrogen (secondary N) is 2. The highest BCUT2D eigenvalue weighted by atomic mass is 15.3. The average Bonchev–Trinajstić information content (AvgIpc) is 2.76. The summed E-state index contributed by atoms with van der Waals surface area (Å²) in [5, 5.41) is 14.7. The number of anilines is 4. The predicted octanol–water partition coefficient (Wildman–Crippen LogP) is 5.04. The van der Waals surface area contributed by atoms with Crippen LogP contribution in [0, 0.1) is 0 Å². The van der Waals surface area contributed by atoms with Crippen molar-refractivity contribution >= 4 is 29.2 Å². The van der Waals surface area contributed by atoms with Crippen LogP contribution in [0.1, 0.15) is 5.56 Å². The number of azo groups is 1. The number of nitrogens with zero attached hydrogens (tertiary/aromatic N) is 6. The summed E-state index contributed by atoms with van der Waals surface area (Å²) in [5.74, 6) is 0.959. The van der Waals surface area contributed by atoms with Crippen molar-refractivity contribution in [2.24, 2.45) is 10.2 Å². The lowest BCUT2D eigenvalue weighted by molar-refractivity contribution is 0.912. The summed E-state index contributed by atoms with van der Waals surface area (Å²) < 4.78 is 0. The Morgan fingerprint density at radius 2 is 1.31 bits per heavy atom. The molecule has 2 aromatic carbocycles. The maximum Gasteiger partial charge on any atom is 0.275 e. The highest BCUT2D eigenvalue weighted by Crippen LogP contribution is 2.19. The average molecular weight is 382 g/mol. The zero-order chi connectivity index (χ0) is 19.7. The molecule has 0 aliphatic heterocycles. The Morgan fingerprint density at radius 3 is 1.86 bits per heavy atom. The van der Waals surface area contributed by atoms with Gasteiger partial charge in [0.05, 0.1) is 6.54 Å². The molecule has 2 heterocycles. The summed E-state index contributed by atoms with van der Waals surface area (Å²) in [5.41, 5.74) is 2.68. The molecule has 8 heteroatoms. The third-order valence-corrected chi connectivity index (χ3v) is 3.82. The second-order valence-electron chi connectivity index (χ2n) is 6.03. The van der Waals surface area contributed by atoms with Crippen molar-refractivity contribution in [3.05, 3.63) is 90.8 Å². The quantitative estimate of drug-likeness (QED) is 0.434. The number of rotatable bonds is 7. The van der Waals surface area contributed by atoms with E-state index in [-0.39, 0.29) is 5.95 Å². The zero-order valence-corrected chi connectivity index (χ0v) is 15.5. The van der Waals surface area contributed by atoms with Gasteiger partial charge in [0.1, 0.15) is 0 Å². The Morgan fingerprint density at radius 1 is 0.690 bits per heavy atom. The van der Waals surface area contributed by atoms with E-state index in [1.165, 1.54) is 0 Å². The van der Waals surface area contributed by atoms with Gasteiger partial charge in [0.2, 0.25) is 11.9 Å². The minimum Gasteiger partial charge on any atom is -0.324 e. The number of benzene rings is 2. The largest absolute Gasteiger partial charge is 0.324 e. The van der Waals surface area contributed by atoms with Crippen LogP contribution in [0.4, 0.5) is 29.2 Å². The summed E-state index contributed by atoms with van der Waals surface area (Å²) in [6.07, 6.45) is 3.47. The summed E-state index contributed by atoms with van der Waals surface area (Å²) in [4.78, 5) is 17.2. The van der Waals surface area contributed by atoms with E-state index in [4.69, 9.17) is 0 Å². The second kappa shape index (κ2) is 9.14. The standard InChI is InChI=1S/C21H18N8/c1-3-9-17(10-4-1)24-19-26-20(25-18-11-5-2-6-12-18)28-21(27-19)29-23-15-16-8-7-13-22-14-16/h1-14H,15H2,(H2,24,25,26,27,28). The Hall–Kier alpha value is -4.20. The molecule has 0 spiro atoms. The Bertz CT molecular complexity index is 1010. The van der Waals surface area contributed by atoms with E-state index in [2.05, 4.69) is 40.8 Å². The number of para-hydroxylation sites is 2. The molecule has 0 atom stereocenters. The van der Waals surface area contributed by atoms with Gasteiger partial charge in [-0.1, -0.05) is 42.5 Å². The lowest BCUT2D eigenvalue weighted by Gasteiger charge is -2.08. The van der Waals surface area contributed by atoms with Crippen molar-refractivity contribution in [2.75, 3.05) is 10.6 Å². The van der Waals surface area contributed by atoms with Crippen molar-refractivity contribution in [1.29, 1.82) is 0 Å². The third kappa shape index (κ3) is 5.39. The van der Waals surface area contributed by atoms with E-state index in [9.17, 15) is 0 Å². The zero-order valence-electron chi connectivity index (χ0n) is 15.5. The molecule has 0 bridgehead atoms. The summed E-state index contributed by atoms with van der Waals surface area (Å²) in [6, 6.07) is 23.1. The Kier molecular flexibility index (Phi) is 5.73. The van der Waals surface area contributed by atoms with Crippen LogP contribution in [0.25, 0.3) is 0 Å². The third-order valence-electron chi connectivity index (χ3n) is 3.82. The van der Waals surface area contributed by atoms with Crippen molar-refractivity contribution in [2.45, 2.75) is 6.54 Å². The van der Waals surface area contributed by atoms with Crippen LogP contribution >= 0.6 is 0 Å². The van der Waals surface area contributed by atoms with Crippen LogP contribution in [0.3, 0.4) is 0 Å². The number of aromatic nitrogens is 4. The smallest absolute Gasteiger partial charge is 0.275 e. The van der Waals surface area contributed by atoms with Gasteiger partial charge in [-0.2, -0.15) is 20.1 Å². The van der Waals surface area contributed by atoms with Crippen LogP contribution in [-0.2, 0) is 6.54 Å². The molecule has 2 aromatic heterocycles. The van der Waals surface area contributed by atoms with E-state index in [1.807, 2.05) is 72.8 Å². The molecule has 29 heavy (non-hydrogen) atoms. The first-order valence-electron chi connectivity index (χ1n) is 9.02. The number of pyridine rings is 1. The monoisotopic (exact) mass is 382 g/mol. The van der Waals surface area contributed by atoms with Gasteiger partial charge in [-0.15, -0.1) is 5.11 Å². The summed E-state index contributed by atoms with van der Waals surface area (Å²) >= 11 is 0. The lowest BCUT2D eigenvalue weighted by Crippen LogP contribution is -2.03. The lowest BCUT2D eigenvalue weighted by atomic mass is 10.3. The molecule has 0 saturated carbocycles. The van der Waals surface area contributed by atoms with Gasteiger partial charge in [-0.25, -0.2) is 0 Å². The SMILES string of the molecule is c1ccc(Nc2nc(N=NCc3cccnc3)nc(Nc3ccccc3)n2)cc1. The molecule has 0 amide bonds. The predicted molar refractivity (Wildman–Crippen MR) is 112 cm³/mol. The first kappa shape index (κ1) is 18.2. The fourth-order valence-corrected chi connectivity index (χ4v) is 2.49. The maximum absolute atomic E-state index is 4.43. The van der Waals surface area contributed by atoms with Gasteiger partial charge in [-0.3, -0.25) is 4.98 Å². The second-order valence-corrected chi connectivity index (χ2v) is 6.03. The topological polar surface area (TPSA) is 100 Å². The van der Waals surface area contributed by atoms with Gasteiger partial charge in [0.15, 0.2) is 0 Å². The molecule has 142 valence electrons. The van der Waals surface area contributed by atoms with Gasteiger partial charge in [0.25, 0.3) is 5.95 Å². The molecule has 0 aliphatic rings. The Labute approximate surface area is 167 Å². The highest BCUT2D eigenvalue weighted by Gasteiger charge is 2.07. The summed E-state index contributed by atoms with van der Waals surface area (Å²) in [7, 11) is 0. The molecule has 8 nitrogen and oxygen atoms in total. The number of hydrogen-bond acceptors (Lipinski definition) is 8. The van der Waals surface area contributed by atoms with Gasteiger partial charge in [-0.05, 0) is 35.9 Å². The molecule has 0 unspecified atom stereocenters. The van der Waals surface area contributed by atoms with E-state index >= 15 is 0 Å². The van der Waals surface area contributed by atoms with E-state index in [1.54, 1.807) is 12.4 Å². The first-order chi connectivity index (χ1) is 14.3. The molecule has 0 saturated heterocycles. The number of hydrogen-bond donors (Lipinski definition) is 2. The van der Waals surface area contributed by atoms with Crippen LogP contribution < -0.4 is 10.6 Å². The van der Waals surface area contributed by atoms with Crippen LogP contribution in [-0.4, -0.2) is 19.9 Å². The van der Waals surface area contributed by atoms with Gasteiger partial charge < -0.3 is 10.6 Å². The fourth-order valence-electron chi connectivity index (χ4n) is 2.49. The Balaban J connectivity index is 1.58. The van der Waals surface area contributed by atoms with Crippen molar-refractivity contribution in [1.82, 2.24) is 19.9 Å². The van der Waals surface area contributed by atoms with Crippen molar-refractivity contribution in [3.63, 3.8) is 0 Å². The fraction of sp³-hybridized carbons (Fsp3) is 0.0476. The van der Waals surface area contributed by atoms with Crippen LogP contribution in [0.5, 0.6) is 0 Å². The molecule has 4 aromatic rings. The minimum absolute atomic E-state index is 0.209. The maximum atomic E-state index is 4.43. The van der Waals surface area contributed by atoms with E-state index in [0.717, 1.165) is 16.9 Å². The minimum atomic E-state index is 0.209. The van der Waals surface area contributed by atoms with Crippen molar-refractivity contribution in [3.8, 4) is 0 Å². The van der Waals surface area contributed by atoms with Crippen LogP contribution in [0.15, 0.2) is 95.4 Å². The molecular formula is C21H18N8. The van der Waals surface area contributed by atoms with Crippen molar-refractivity contribution < 1.29 is 0 Å². The molecule has 0 radical (unpaired) electrons. The summed E-state index contributed by atoms with van der Waals surface area (Å²) in [6.45, 7) is 0.391.